The van der Waals surface area contributed by atoms with E-state index in [0.29, 0.717) is 5.01 Å². The fourth-order valence-electron chi connectivity index (χ4n) is 1.11. The Bertz CT molecular complexity index is 254. The number of nitrogens with two attached hydrogens (primary N) is 1. The summed E-state index contributed by atoms with van der Waals surface area (Å²) in [6, 6.07) is -2.14. The van der Waals surface area contributed by atoms with Crippen LogP contribution in [0.25, 0.3) is 0 Å². The van der Waals surface area contributed by atoms with Gasteiger partial charge in [-0.1, -0.05) is 13.8 Å². The lowest BCUT2D eigenvalue weighted by Crippen LogP contribution is -2.47. The number of hydrogen-bond acceptors (Lipinski definition) is 5. The maximum absolute atomic E-state index is 11.4. The van der Waals surface area contributed by atoms with E-state index < -0.39 is 18.0 Å². The molecule has 0 aromatic rings. The van der Waals surface area contributed by atoms with Crippen molar-refractivity contribution < 1.29 is 14.3 Å². The molecule has 0 aliphatic carbocycles. The Morgan fingerprint density at radius 1 is 1.47 bits per heavy atom. The number of ether oxygens (including phenoxy) is 1. The SMILES string of the molecule is CCOC(=O)[C@H](C(C)C)N(N=O)C(N)=O. The van der Waals surface area contributed by atoms with Crippen molar-refractivity contribution in [3.05, 3.63) is 4.91 Å². The molecule has 0 aliphatic heterocycles. The van der Waals surface area contributed by atoms with Crippen molar-refractivity contribution in [1.82, 2.24) is 5.01 Å². The average Bonchev–Trinajstić information content (AvgIpc) is 2.12. The average molecular weight is 217 g/mol. The molecule has 0 radical (unpaired) electrons. The third-order valence-corrected chi connectivity index (χ3v) is 1.74. The first-order valence-electron chi connectivity index (χ1n) is 4.54. The van der Waals surface area contributed by atoms with Gasteiger partial charge in [0, 0.05) is 0 Å². The molecule has 0 saturated carbocycles. The van der Waals surface area contributed by atoms with Gasteiger partial charge in [-0.3, -0.25) is 0 Å². The molecule has 0 rings (SSSR count). The summed E-state index contributed by atoms with van der Waals surface area (Å²) in [5, 5.41) is 2.81. The Morgan fingerprint density at radius 3 is 2.27 bits per heavy atom. The van der Waals surface area contributed by atoms with Gasteiger partial charge in [0.05, 0.1) is 11.9 Å². The second-order valence-electron chi connectivity index (χ2n) is 3.21. The van der Waals surface area contributed by atoms with E-state index in [1.807, 2.05) is 0 Å². The van der Waals surface area contributed by atoms with Crippen LogP contribution in [0.4, 0.5) is 4.79 Å². The first kappa shape index (κ1) is 13.3. The van der Waals surface area contributed by atoms with Gasteiger partial charge in [-0.2, -0.15) is 5.01 Å². The Morgan fingerprint density at radius 2 is 2.00 bits per heavy atom. The number of primary amides is 1. The number of carbonyl (C=O) groups excluding carboxylic acids is 2. The number of amides is 2. The number of nitroso groups, excluding NO2 is 1. The van der Waals surface area contributed by atoms with Crippen LogP contribution in [0.2, 0.25) is 0 Å². The number of nitrogens with zero attached hydrogens (tertiary/aromatic N) is 2. The number of carbonyl (C=O) groups is 2. The molecule has 0 spiro atoms. The first-order valence-corrected chi connectivity index (χ1v) is 4.54. The molecule has 0 fully saturated rings. The zero-order valence-electron chi connectivity index (χ0n) is 8.97. The van der Waals surface area contributed by atoms with Crippen LogP contribution in [-0.4, -0.2) is 29.7 Å². The third kappa shape index (κ3) is 3.53. The van der Waals surface area contributed by atoms with Gasteiger partial charge in [0.2, 0.25) is 0 Å². The standard InChI is InChI=1S/C8H15N3O4/c1-4-15-7(12)6(5(2)3)11(10-14)8(9)13/h5-6H,4H2,1-3H3,(H2,9,13)/t6-/m0/s1. The molecular weight excluding hydrogens is 202 g/mol. The van der Waals surface area contributed by atoms with E-state index in [-0.39, 0.29) is 12.5 Å². The molecule has 0 aromatic heterocycles. The van der Waals surface area contributed by atoms with Crippen LogP contribution in [0, 0.1) is 10.8 Å². The van der Waals surface area contributed by atoms with Crippen molar-refractivity contribution in [1.29, 1.82) is 0 Å². The minimum atomic E-state index is -1.07. The van der Waals surface area contributed by atoms with Crippen molar-refractivity contribution in [2.75, 3.05) is 6.61 Å². The highest BCUT2D eigenvalue weighted by Gasteiger charge is 2.34. The zero-order chi connectivity index (χ0) is 12.0. The second kappa shape index (κ2) is 5.94. The normalized spacial score (nSPS) is 12.0. The van der Waals surface area contributed by atoms with E-state index in [1.54, 1.807) is 20.8 Å². The monoisotopic (exact) mass is 217 g/mol. The number of hydrogen-bond donors (Lipinski definition) is 1. The van der Waals surface area contributed by atoms with Crippen molar-refractivity contribution in [3.8, 4) is 0 Å². The van der Waals surface area contributed by atoms with E-state index in [9.17, 15) is 14.5 Å². The largest absolute Gasteiger partial charge is 0.464 e. The number of esters is 1. The first-order chi connectivity index (χ1) is 6.95. The van der Waals surface area contributed by atoms with Crippen molar-refractivity contribution in [2.24, 2.45) is 16.9 Å². The molecule has 86 valence electrons. The molecular formula is C8H15N3O4. The van der Waals surface area contributed by atoms with E-state index in [4.69, 9.17) is 10.5 Å². The molecule has 1 atom stereocenters. The van der Waals surface area contributed by atoms with E-state index in [2.05, 4.69) is 5.29 Å². The fourth-order valence-corrected chi connectivity index (χ4v) is 1.11. The maximum atomic E-state index is 11.4. The Kier molecular flexibility index (Phi) is 5.29. The fraction of sp³-hybridized carbons (Fsp3) is 0.750. The van der Waals surface area contributed by atoms with E-state index in [0.717, 1.165) is 0 Å². The summed E-state index contributed by atoms with van der Waals surface area (Å²) in [6.07, 6.45) is 0. The minimum absolute atomic E-state index is 0.160. The summed E-state index contributed by atoms with van der Waals surface area (Å²) in [6.45, 7) is 5.09. The molecule has 0 aliphatic rings. The highest BCUT2D eigenvalue weighted by Crippen LogP contribution is 2.13. The van der Waals surface area contributed by atoms with Crippen LogP contribution < -0.4 is 5.73 Å². The Labute approximate surface area is 87.5 Å². The molecule has 7 heteroatoms. The number of rotatable bonds is 5. The summed E-state index contributed by atoms with van der Waals surface area (Å²) in [7, 11) is 0. The number of urea groups is 1. The maximum Gasteiger partial charge on any atom is 0.338 e. The third-order valence-electron chi connectivity index (χ3n) is 1.74. The molecule has 2 N–H and O–H groups in total. The topological polar surface area (TPSA) is 102 Å². The van der Waals surface area contributed by atoms with Gasteiger partial charge in [-0.05, 0) is 12.8 Å². The second-order valence-corrected chi connectivity index (χ2v) is 3.21. The van der Waals surface area contributed by atoms with Crippen LogP contribution in [0.1, 0.15) is 20.8 Å². The van der Waals surface area contributed by atoms with Crippen molar-refractivity contribution >= 4 is 12.0 Å². The van der Waals surface area contributed by atoms with Gasteiger partial charge in [0.1, 0.15) is 0 Å². The quantitative estimate of drug-likeness (QED) is 0.414. The van der Waals surface area contributed by atoms with Gasteiger partial charge in [-0.15, -0.1) is 4.91 Å². The highest BCUT2D eigenvalue weighted by molar-refractivity contribution is 5.82. The zero-order valence-corrected chi connectivity index (χ0v) is 8.97. The van der Waals surface area contributed by atoms with Crippen molar-refractivity contribution in [2.45, 2.75) is 26.8 Å². The summed E-state index contributed by atoms with van der Waals surface area (Å²) in [4.78, 5) is 32.6. The van der Waals surface area contributed by atoms with E-state index >= 15 is 0 Å². The molecule has 7 nitrogen and oxygen atoms in total. The van der Waals surface area contributed by atoms with Crippen LogP contribution in [0.15, 0.2) is 5.29 Å². The smallest absolute Gasteiger partial charge is 0.338 e. The van der Waals surface area contributed by atoms with Crippen molar-refractivity contribution in [3.63, 3.8) is 0 Å². The predicted molar refractivity (Wildman–Crippen MR) is 52.5 cm³/mol. The van der Waals surface area contributed by atoms with Gasteiger partial charge in [0.15, 0.2) is 6.04 Å². The van der Waals surface area contributed by atoms with Gasteiger partial charge in [0.25, 0.3) is 0 Å². The summed E-state index contributed by atoms with van der Waals surface area (Å²) >= 11 is 0. The molecule has 15 heavy (non-hydrogen) atoms. The van der Waals surface area contributed by atoms with E-state index in [1.165, 1.54) is 0 Å². The lowest BCUT2D eigenvalue weighted by atomic mass is 10.0. The minimum Gasteiger partial charge on any atom is -0.464 e. The summed E-state index contributed by atoms with van der Waals surface area (Å²) < 4.78 is 4.71. The molecule has 0 saturated heterocycles. The molecule has 0 aromatic carbocycles. The molecule has 2 amide bonds. The lowest BCUT2D eigenvalue weighted by molar-refractivity contribution is -0.150. The molecule has 0 bridgehead atoms. The lowest BCUT2D eigenvalue weighted by Gasteiger charge is -2.24. The summed E-state index contributed by atoms with van der Waals surface area (Å²) in [5.74, 6) is -1.000. The van der Waals surface area contributed by atoms with Gasteiger partial charge < -0.3 is 10.5 Å². The predicted octanol–water partition coefficient (Wildman–Crippen LogP) is 0.636. The molecule has 0 heterocycles. The van der Waals surface area contributed by atoms with Crippen LogP contribution in [0.5, 0.6) is 0 Å². The Balaban J connectivity index is 4.85. The highest BCUT2D eigenvalue weighted by atomic mass is 16.5. The van der Waals surface area contributed by atoms with Gasteiger partial charge >= 0.3 is 12.0 Å². The molecule has 0 unspecified atom stereocenters. The summed E-state index contributed by atoms with van der Waals surface area (Å²) in [5.41, 5.74) is 4.91. The van der Waals surface area contributed by atoms with Crippen LogP contribution in [-0.2, 0) is 9.53 Å². The van der Waals surface area contributed by atoms with Crippen LogP contribution >= 0.6 is 0 Å². The van der Waals surface area contributed by atoms with Gasteiger partial charge in [-0.25, -0.2) is 9.59 Å². The van der Waals surface area contributed by atoms with Crippen LogP contribution in [0.3, 0.4) is 0 Å². The Hall–Kier alpha value is -1.66.